The lowest BCUT2D eigenvalue weighted by molar-refractivity contribution is -0.148. The van der Waals surface area contributed by atoms with Crippen molar-refractivity contribution in [2.24, 2.45) is 0 Å². The van der Waals surface area contributed by atoms with Crippen LogP contribution in [0.25, 0.3) is 10.4 Å². The highest BCUT2D eigenvalue weighted by atomic mass is 32.1. The van der Waals surface area contributed by atoms with Gasteiger partial charge in [-0.1, -0.05) is 18.2 Å². The molecule has 6 nitrogen and oxygen atoms in total. The summed E-state index contributed by atoms with van der Waals surface area (Å²) < 4.78 is 55.0. The first-order valence-corrected chi connectivity index (χ1v) is 13.0. The van der Waals surface area contributed by atoms with Crippen LogP contribution in [-0.4, -0.2) is 54.8 Å². The van der Waals surface area contributed by atoms with Gasteiger partial charge in [-0.05, 0) is 73.5 Å². The van der Waals surface area contributed by atoms with Crippen LogP contribution in [0.15, 0.2) is 54.6 Å². The lowest BCUT2D eigenvalue weighted by Gasteiger charge is -2.30. The number of carbonyl (C=O) groups is 1. The maximum Gasteiger partial charge on any atom is 0.358 e. The van der Waals surface area contributed by atoms with E-state index in [4.69, 9.17) is 9.47 Å². The highest BCUT2D eigenvalue weighted by molar-refractivity contribution is 7.15. The number of carbonyl (C=O) groups excluding carboxylic acids is 1. The topological polar surface area (TPSA) is 71.0 Å². The number of ether oxygens (including phenoxy) is 2. The van der Waals surface area contributed by atoms with Crippen molar-refractivity contribution in [2.75, 3.05) is 32.8 Å². The minimum absolute atomic E-state index is 0.225. The fourth-order valence-electron chi connectivity index (χ4n) is 4.59. The number of nitrogens with one attached hydrogen (secondary N) is 1. The minimum Gasteiger partial charge on any atom is -0.486 e. The average Bonchev–Trinajstić information content (AvgIpc) is 3.61. The van der Waals surface area contributed by atoms with Gasteiger partial charge in [0.15, 0.2) is 11.5 Å². The molecule has 3 aromatic rings. The molecule has 0 saturated carbocycles. The monoisotopic (exact) mass is 532 g/mol. The van der Waals surface area contributed by atoms with E-state index >= 15 is 8.78 Å². The van der Waals surface area contributed by atoms with E-state index in [-0.39, 0.29) is 6.54 Å². The number of alkyl halides is 2. The number of likely N-dealkylation sites (tertiary alicyclic amines) is 1. The predicted octanol–water partition coefficient (Wildman–Crippen LogP) is 4.73. The van der Waals surface area contributed by atoms with Crippen molar-refractivity contribution < 1.29 is 32.5 Å². The second-order valence-corrected chi connectivity index (χ2v) is 10.3. The number of thiophene rings is 1. The van der Waals surface area contributed by atoms with Gasteiger partial charge in [0.25, 0.3) is 5.91 Å². The van der Waals surface area contributed by atoms with E-state index in [1.54, 1.807) is 18.2 Å². The molecule has 196 valence electrons. The van der Waals surface area contributed by atoms with Crippen LogP contribution in [0.1, 0.15) is 29.4 Å². The molecule has 2 aliphatic heterocycles. The largest absolute Gasteiger partial charge is 0.486 e. The molecule has 10 heteroatoms. The van der Waals surface area contributed by atoms with Gasteiger partial charge in [0, 0.05) is 11.4 Å². The molecule has 3 heterocycles. The van der Waals surface area contributed by atoms with Crippen molar-refractivity contribution in [1.82, 2.24) is 10.2 Å². The molecule has 0 bridgehead atoms. The quantitative estimate of drug-likeness (QED) is 0.439. The Morgan fingerprint density at radius 3 is 2.46 bits per heavy atom. The van der Waals surface area contributed by atoms with Gasteiger partial charge in [-0.25, -0.2) is 4.39 Å². The first kappa shape index (κ1) is 25.6. The third kappa shape index (κ3) is 5.61. The summed E-state index contributed by atoms with van der Waals surface area (Å²) in [6, 6.07) is 12.1. The number of aliphatic hydroxyl groups excluding tert-OH is 1. The van der Waals surface area contributed by atoms with Crippen LogP contribution in [0.3, 0.4) is 0 Å². The molecular formula is C27H27F3N2O4S. The molecule has 0 aliphatic carbocycles. The number of rotatable bonds is 8. The molecule has 2 unspecified atom stereocenters. The van der Waals surface area contributed by atoms with Gasteiger partial charge in [0.2, 0.25) is 0 Å². The number of halogens is 3. The van der Waals surface area contributed by atoms with Crippen LogP contribution in [0.4, 0.5) is 13.2 Å². The zero-order chi connectivity index (χ0) is 26.0. The highest BCUT2D eigenvalue weighted by Crippen LogP contribution is 2.39. The van der Waals surface area contributed by atoms with Crippen LogP contribution < -0.4 is 14.8 Å². The van der Waals surface area contributed by atoms with Crippen LogP contribution in [0, 0.1) is 5.82 Å². The minimum atomic E-state index is -3.82. The molecule has 1 amide bonds. The Hall–Kier alpha value is -3.08. The Morgan fingerprint density at radius 1 is 1.03 bits per heavy atom. The second-order valence-electron chi connectivity index (χ2n) is 9.18. The lowest BCUT2D eigenvalue weighted by atomic mass is 10.0. The van der Waals surface area contributed by atoms with Gasteiger partial charge < -0.3 is 24.8 Å². The number of aliphatic hydroxyl groups is 1. The summed E-state index contributed by atoms with van der Waals surface area (Å²) in [6.07, 6.45) is 0.700. The number of fused-ring (bicyclic) bond motifs is 1. The van der Waals surface area contributed by atoms with Crippen molar-refractivity contribution in [3.05, 3.63) is 70.9 Å². The molecule has 2 atom stereocenters. The maximum atomic E-state index is 15.3. The average molecular weight is 533 g/mol. The number of amides is 1. The zero-order valence-electron chi connectivity index (χ0n) is 20.0. The van der Waals surface area contributed by atoms with Gasteiger partial charge in [0.05, 0.1) is 10.9 Å². The summed E-state index contributed by atoms with van der Waals surface area (Å²) >= 11 is 0.771. The molecule has 1 fully saturated rings. The smallest absolute Gasteiger partial charge is 0.358 e. The van der Waals surface area contributed by atoms with E-state index < -0.39 is 34.7 Å². The Kier molecular flexibility index (Phi) is 7.41. The third-order valence-corrected chi connectivity index (χ3v) is 7.79. The van der Waals surface area contributed by atoms with Crippen LogP contribution in [0.5, 0.6) is 11.5 Å². The summed E-state index contributed by atoms with van der Waals surface area (Å²) in [5.41, 5.74) is 1.02. The SMILES string of the molecule is O=C(NC(CN1CCCC1)C(O)c1ccc2c(c1)OCCO2)C(F)(F)c1ccc(-c2ccc(F)cc2)s1. The van der Waals surface area contributed by atoms with Gasteiger partial charge in [0.1, 0.15) is 25.1 Å². The number of hydrogen-bond donors (Lipinski definition) is 2. The first-order valence-electron chi connectivity index (χ1n) is 12.2. The predicted molar refractivity (Wildman–Crippen MR) is 134 cm³/mol. The Morgan fingerprint density at radius 2 is 1.73 bits per heavy atom. The third-order valence-electron chi connectivity index (χ3n) is 6.59. The molecular weight excluding hydrogens is 505 g/mol. The maximum absolute atomic E-state index is 15.3. The summed E-state index contributed by atoms with van der Waals surface area (Å²) in [4.78, 5) is 15.0. The molecule has 0 spiro atoms. The normalized spacial score (nSPS) is 17.4. The number of benzene rings is 2. The summed E-state index contributed by atoms with van der Waals surface area (Å²) in [5, 5.41) is 13.6. The van der Waals surface area contributed by atoms with Crippen LogP contribution in [0.2, 0.25) is 0 Å². The fraction of sp³-hybridized carbons (Fsp3) is 0.370. The van der Waals surface area contributed by atoms with Crippen molar-refractivity contribution in [3.8, 4) is 21.9 Å². The molecule has 1 saturated heterocycles. The van der Waals surface area contributed by atoms with Gasteiger partial charge in [-0.15, -0.1) is 11.3 Å². The molecule has 1 aromatic heterocycles. The van der Waals surface area contributed by atoms with Gasteiger partial charge in [-0.3, -0.25) is 4.79 Å². The molecule has 2 aromatic carbocycles. The summed E-state index contributed by atoms with van der Waals surface area (Å²) in [5.74, 6) is -4.72. The van der Waals surface area contributed by atoms with Gasteiger partial charge >= 0.3 is 5.92 Å². The standard InChI is InChI=1S/C27H27F3N2O4S/c28-19-6-3-17(4-7-19)23-9-10-24(37-23)27(29,30)26(34)31-20(16-32-11-1-2-12-32)25(33)18-5-8-21-22(15-18)36-14-13-35-21/h3-10,15,20,25,33H,1-2,11-14,16H2,(H,31,34). The van der Waals surface area contributed by atoms with Crippen LogP contribution in [-0.2, 0) is 10.7 Å². The lowest BCUT2D eigenvalue weighted by Crippen LogP contribution is -2.50. The van der Waals surface area contributed by atoms with E-state index in [2.05, 4.69) is 5.32 Å². The summed E-state index contributed by atoms with van der Waals surface area (Å²) in [6.45, 7) is 2.55. The van der Waals surface area contributed by atoms with Crippen molar-refractivity contribution in [2.45, 2.75) is 30.9 Å². The Labute approximate surface area is 216 Å². The zero-order valence-corrected chi connectivity index (χ0v) is 20.8. The van der Waals surface area contributed by atoms with E-state index in [1.807, 2.05) is 4.90 Å². The highest BCUT2D eigenvalue weighted by Gasteiger charge is 2.44. The number of hydrogen-bond acceptors (Lipinski definition) is 6. The molecule has 2 aliphatic rings. The van der Waals surface area contributed by atoms with E-state index in [0.717, 1.165) is 37.3 Å². The summed E-state index contributed by atoms with van der Waals surface area (Å²) in [7, 11) is 0. The molecule has 0 radical (unpaired) electrons. The Bertz CT molecular complexity index is 1240. The van der Waals surface area contributed by atoms with Crippen molar-refractivity contribution >= 4 is 17.2 Å². The first-order chi connectivity index (χ1) is 17.8. The van der Waals surface area contributed by atoms with Gasteiger partial charge in [-0.2, -0.15) is 8.78 Å². The number of nitrogens with zero attached hydrogens (tertiary/aromatic N) is 1. The van der Waals surface area contributed by atoms with Crippen molar-refractivity contribution in [3.63, 3.8) is 0 Å². The van der Waals surface area contributed by atoms with E-state index in [9.17, 15) is 14.3 Å². The Balaban J connectivity index is 1.36. The van der Waals surface area contributed by atoms with Crippen LogP contribution >= 0.6 is 11.3 Å². The molecule has 37 heavy (non-hydrogen) atoms. The van der Waals surface area contributed by atoms with E-state index in [0.29, 0.717) is 40.7 Å². The second kappa shape index (κ2) is 10.7. The molecule has 5 rings (SSSR count). The van der Waals surface area contributed by atoms with Crippen molar-refractivity contribution in [1.29, 1.82) is 0 Å². The fourth-order valence-corrected chi connectivity index (χ4v) is 5.57. The molecule has 2 N–H and O–H groups in total. The van der Waals surface area contributed by atoms with E-state index in [1.165, 1.54) is 36.4 Å².